The maximum atomic E-state index is 13.6. The van der Waals surface area contributed by atoms with Crippen LogP contribution < -0.4 is 16.0 Å². The Morgan fingerprint density at radius 2 is 1.33 bits per heavy atom. The highest BCUT2D eigenvalue weighted by atomic mass is 16.5. The Hall–Kier alpha value is -5.37. The molecule has 0 heterocycles. The summed E-state index contributed by atoms with van der Waals surface area (Å²) in [6, 6.07) is 41.0. The molecule has 0 aliphatic rings. The third kappa shape index (κ3) is 8.17. The molecule has 0 fully saturated rings. The van der Waals surface area contributed by atoms with E-state index in [0.717, 1.165) is 22.3 Å². The summed E-state index contributed by atoms with van der Waals surface area (Å²) in [5, 5.41) is 2.84. The second-order valence-corrected chi connectivity index (χ2v) is 10.5. The number of nitrogens with one attached hydrogen (secondary N) is 1. The number of nitrogens with two attached hydrogens (primary N) is 1. The largest absolute Gasteiger partial charge is 0.367 e. The summed E-state index contributed by atoms with van der Waals surface area (Å²) < 4.78 is 5.81. The predicted molar refractivity (Wildman–Crippen MR) is 177 cm³/mol. The lowest BCUT2D eigenvalue weighted by Gasteiger charge is -2.24. The van der Waals surface area contributed by atoms with E-state index in [1.54, 1.807) is 47.4 Å². The highest BCUT2D eigenvalue weighted by molar-refractivity contribution is 6.09. The maximum Gasteiger partial charge on any atom is 0.253 e. The Kier molecular flexibility index (Phi) is 10.6. The molecule has 0 radical (unpaired) electrons. The van der Waals surface area contributed by atoms with Crippen molar-refractivity contribution in [2.75, 3.05) is 24.6 Å². The molecule has 0 unspecified atom stereocenters. The van der Waals surface area contributed by atoms with Gasteiger partial charge in [-0.25, -0.2) is 0 Å². The average Bonchev–Trinajstić information content (AvgIpc) is 3.10. The monoisotopic (exact) mass is 597 g/mol. The molecule has 7 nitrogen and oxygen atoms in total. The van der Waals surface area contributed by atoms with Gasteiger partial charge >= 0.3 is 0 Å². The number of ether oxygens (including phenoxy) is 1. The van der Waals surface area contributed by atoms with E-state index < -0.39 is 0 Å². The van der Waals surface area contributed by atoms with Gasteiger partial charge in [0.2, 0.25) is 0 Å². The number of ketones is 1. The second kappa shape index (κ2) is 15.4. The van der Waals surface area contributed by atoms with Gasteiger partial charge in [-0.05, 0) is 58.7 Å². The third-order valence-corrected chi connectivity index (χ3v) is 7.30. The molecule has 2 amide bonds. The number of hydrogen-bond donors (Lipinski definition) is 2. The van der Waals surface area contributed by atoms with Crippen LogP contribution in [0.5, 0.6) is 0 Å². The molecule has 0 aromatic heterocycles. The van der Waals surface area contributed by atoms with Gasteiger partial charge in [0, 0.05) is 35.5 Å². The molecule has 0 spiro atoms. The first kappa shape index (κ1) is 31.1. The van der Waals surface area contributed by atoms with Crippen molar-refractivity contribution in [1.29, 1.82) is 0 Å². The minimum Gasteiger partial charge on any atom is -0.367 e. The summed E-state index contributed by atoms with van der Waals surface area (Å²) in [6.45, 7) is 1.18. The van der Waals surface area contributed by atoms with E-state index >= 15 is 0 Å². The number of rotatable bonds is 13. The number of carbonyl (C=O) groups excluding carboxylic acids is 3. The SMILES string of the molecule is NCCNC(=O)c1ccccc1-c1cccc(CN(C(=O)COCc2ccccc2)c2ccc(C(=O)c3ccccc3)cc2)c1. The van der Waals surface area contributed by atoms with E-state index in [0.29, 0.717) is 42.1 Å². The van der Waals surface area contributed by atoms with Crippen LogP contribution in [0.3, 0.4) is 0 Å². The van der Waals surface area contributed by atoms with E-state index in [2.05, 4.69) is 5.32 Å². The number of hydrogen-bond acceptors (Lipinski definition) is 5. The Labute approximate surface area is 263 Å². The molecule has 0 saturated heterocycles. The van der Waals surface area contributed by atoms with Crippen LogP contribution in [0.2, 0.25) is 0 Å². The highest BCUT2D eigenvalue weighted by Crippen LogP contribution is 2.27. The Morgan fingerprint density at radius 1 is 0.689 bits per heavy atom. The zero-order valence-electron chi connectivity index (χ0n) is 24.9. The number of anilines is 1. The van der Waals surface area contributed by atoms with Crippen molar-refractivity contribution in [3.8, 4) is 11.1 Å². The molecular weight excluding hydrogens is 562 g/mol. The summed E-state index contributed by atoms with van der Waals surface area (Å²) in [5.74, 6) is -0.507. The molecule has 226 valence electrons. The van der Waals surface area contributed by atoms with Gasteiger partial charge in [-0.1, -0.05) is 97.1 Å². The van der Waals surface area contributed by atoms with Gasteiger partial charge in [0.05, 0.1) is 13.2 Å². The van der Waals surface area contributed by atoms with Crippen LogP contribution in [0.1, 0.15) is 37.4 Å². The summed E-state index contributed by atoms with van der Waals surface area (Å²) >= 11 is 0. The summed E-state index contributed by atoms with van der Waals surface area (Å²) in [7, 11) is 0. The van der Waals surface area contributed by atoms with Gasteiger partial charge in [0.1, 0.15) is 6.61 Å². The van der Waals surface area contributed by atoms with Crippen molar-refractivity contribution in [2.24, 2.45) is 5.73 Å². The summed E-state index contributed by atoms with van der Waals surface area (Å²) in [5.41, 5.74) is 11.4. The maximum absolute atomic E-state index is 13.6. The first-order chi connectivity index (χ1) is 22.0. The van der Waals surface area contributed by atoms with E-state index in [1.165, 1.54) is 0 Å². The van der Waals surface area contributed by atoms with E-state index in [4.69, 9.17) is 10.5 Å². The zero-order chi connectivity index (χ0) is 31.4. The lowest BCUT2D eigenvalue weighted by molar-refractivity contribution is -0.123. The lowest BCUT2D eigenvalue weighted by atomic mass is 9.97. The molecular formula is C38H35N3O4. The minimum atomic E-state index is -0.222. The first-order valence-electron chi connectivity index (χ1n) is 14.8. The standard InChI is InChI=1S/C38H35N3O4/c39-22-23-40-38(44)35-17-8-7-16-34(35)32-15-9-12-29(24-32)25-41(36(42)27-45-26-28-10-3-1-4-11-28)33-20-18-31(19-21-33)37(43)30-13-5-2-6-14-30/h1-21,24H,22-23,25-27,39H2,(H,40,44). The van der Waals surface area contributed by atoms with Crippen molar-refractivity contribution in [2.45, 2.75) is 13.2 Å². The van der Waals surface area contributed by atoms with Gasteiger partial charge in [-0.2, -0.15) is 0 Å². The van der Waals surface area contributed by atoms with Crippen molar-refractivity contribution >= 4 is 23.3 Å². The van der Waals surface area contributed by atoms with Gasteiger partial charge < -0.3 is 20.7 Å². The fourth-order valence-corrected chi connectivity index (χ4v) is 5.01. The quantitative estimate of drug-likeness (QED) is 0.162. The first-order valence-corrected chi connectivity index (χ1v) is 14.8. The molecule has 5 rings (SSSR count). The number of amides is 2. The second-order valence-electron chi connectivity index (χ2n) is 10.5. The molecule has 45 heavy (non-hydrogen) atoms. The molecule has 0 atom stereocenters. The Balaban J connectivity index is 1.40. The van der Waals surface area contributed by atoms with Crippen LogP contribution in [-0.2, 0) is 22.7 Å². The topological polar surface area (TPSA) is 102 Å². The number of benzene rings is 5. The molecule has 0 aliphatic carbocycles. The van der Waals surface area contributed by atoms with Crippen molar-refractivity contribution in [1.82, 2.24) is 5.32 Å². The molecule has 0 aliphatic heterocycles. The highest BCUT2D eigenvalue weighted by Gasteiger charge is 2.19. The number of nitrogens with zero attached hydrogens (tertiary/aromatic N) is 1. The van der Waals surface area contributed by atoms with Crippen molar-refractivity contribution in [3.05, 3.63) is 161 Å². The number of carbonyl (C=O) groups is 3. The average molecular weight is 598 g/mol. The normalized spacial score (nSPS) is 10.7. The van der Waals surface area contributed by atoms with Crippen LogP contribution in [0.4, 0.5) is 5.69 Å². The smallest absolute Gasteiger partial charge is 0.253 e. The Bertz CT molecular complexity index is 1740. The van der Waals surface area contributed by atoms with Gasteiger partial charge in [0.25, 0.3) is 11.8 Å². The molecule has 5 aromatic rings. The van der Waals surface area contributed by atoms with Crippen LogP contribution in [0, 0.1) is 0 Å². The fraction of sp³-hybridized carbons (Fsp3) is 0.132. The van der Waals surface area contributed by atoms with Crippen LogP contribution >= 0.6 is 0 Å². The van der Waals surface area contributed by atoms with Crippen LogP contribution in [0.15, 0.2) is 133 Å². The van der Waals surface area contributed by atoms with Gasteiger partial charge in [-0.3, -0.25) is 14.4 Å². The molecule has 7 heteroatoms. The van der Waals surface area contributed by atoms with Crippen molar-refractivity contribution in [3.63, 3.8) is 0 Å². The lowest BCUT2D eigenvalue weighted by Crippen LogP contribution is -2.33. The molecule has 0 saturated carbocycles. The van der Waals surface area contributed by atoms with E-state index in [9.17, 15) is 14.4 Å². The minimum absolute atomic E-state index is 0.0897. The summed E-state index contributed by atoms with van der Waals surface area (Å²) in [4.78, 5) is 41.1. The third-order valence-electron chi connectivity index (χ3n) is 7.30. The molecule has 5 aromatic carbocycles. The van der Waals surface area contributed by atoms with E-state index in [-0.39, 0.29) is 30.7 Å². The predicted octanol–water partition coefficient (Wildman–Crippen LogP) is 6.02. The van der Waals surface area contributed by atoms with E-state index in [1.807, 2.05) is 91.0 Å². The van der Waals surface area contributed by atoms with Gasteiger partial charge in [0.15, 0.2) is 5.78 Å². The van der Waals surface area contributed by atoms with Crippen LogP contribution in [-0.4, -0.2) is 37.3 Å². The molecule has 3 N–H and O–H groups in total. The zero-order valence-corrected chi connectivity index (χ0v) is 24.9. The summed E-state index contributed by atoms with van der Waals surface area (Å²) in [6.07, 6.45) is 0. The van der Waals surface area contributed by atoms with Gasteiger partial charge in [-0.15, -0.1) is 0 Å². The van der Waals surface area contributed by atoms with Crippen LogP contribution in [0.25, 0.3) is 11.1 Å². The van der Waals surface area contributed by atoms with Crippen molar-refractivity contribution < 1.29 is 19.1 Å². The molecule has 0 bridgehead atoms. The fourth-order valence-electron chi connectivity index (χ4n) is 5.01. The Morgan fingerprint density at radius 3 is 2.07 bits per heavy atom.